The molecule has 3 nitrogen and oxygen atoms in total. The van der Waals surface area contributed by atoms with Crippen molar-refractivity contribution in [2.24, 2.45) is 5.92 Å². The molecule has 1 amide bonds. The van der Waals surface area contributed by atoms with Crippen LogP contribution in [0.4, 0.5) is 0 Å². The van der Waals surface area contributed by atoms with Gasteiger partial charge < -0.3 is 10.2 Å². The molecule has 0 aromatic heterocycles. The normalized spacial score (nSPS) is 27.2. The lowest BCUT2D eigenvalue weighted by atomic mass is 9.98. The fraction of sp³-hybridized carbons (Fsp3) is 0.938. The van der Waals surface area contributed by atoms with E-state index in [0.29, 0.717) is 30.3 Å². The van der Waals surface area contributed by atoms with Crippen LogP contribution < -0.4 is 5.32 Å². The van der Waals surface area contributed by atoms with Crippen molar-refractivity contribution in [1.29, 1.82) is 0 Å². The van der Waals surface area contributed by atoms with Gasteiger partial charge in [0.25, 0.3) is 0 Å². The van der Waals surface area contributed by atoms with E-state index in [-0.39, 0.29) is 12.4 Å². The highest BCUT2D eigenvalue weighted by atomic mass is 35.5. The molecular weight excluding hydrogens is 272 g/mol. The summed E-state index contributed by atoms with van der Waals surface area (Å²) < 4.78 is 0. The Morgan fingerprint density at radius 2 is 2.00 bits per heavy atom. The number of carbonyl (C=O) groups excluding carboxylic acids is 1. The highest BCUT2D eigenvalue weighted by Gasteiger charge is 2.28. The monoisotopic (exact) mass is 302 g/mol. The summed E-state index contributed by atoms with van der Waals surface area (Å²) in [6, 6.07) is 0.937. The summed E-state index contributed by atoms with van der Waals surface area (Å²) in [5, 5.41) is 3.45. The minimum Gasteiger partial charge on any atom is -0.340 e. The molecule has 2 rings (SSSR count). The first kappa shape index (κ1) is 17.8. The number of halogens is 1. The summed E-state index contributed by atoms with van der Waals surface area (Å²) in [5.74, 6) is 1.08. The molecule has 4 heteroatoms. The van der Waals surface area contributed by atoms with Gasteiger partial charge in [0.05, 0.1) is 0 Å². The number of nitrogens with zero attached hydrogens (tertiary/aromatic N) is 1. The van der Waals surface area contributed by atoms with E-state index in [1.807, 2.05) is 0 Å². The summed E-state index contributed by atoms with van der Waals surface area (Å²) >= 11 is 0. The van der Waals surface area contributed by atoms with Crippen LogP contribution in [0.15, 0.2) is 0 Å². The zero-order chi connectivity index (χ0) is 13.7. The molecular formula is C16H31ClN2O. The van der Waals surface area contributed by atoms with Gasteiger partial charge in [-0.05, 0) is 44.6 Å². The van der Waals surface area contributed by atoms with Crippen LogP contribution in [0.2, 0.25) is 0 Å². The van der Waals surface area contributed by atoms with E-state index in [2.05, 4.69) is 24.1 Å². The number of carbonyl (C=O) groups is 1. The molecule has 2 aliphatic heterocycles. The van der Waals surface area contributed by atoms with E-state index in [1.54, 1.807) is 0 Å². The predicted molar refractivity (Wildman–Crippen MR) is 86.3 cm³/mol. The molecule has 2 heterocycles. The topological polar surface area (TPSA) is 32.3 Å². The van der Waals surface area contributed by atoms with E-state index in [4.69, 9.17) is 0 Å². The number of hydrogen-bond acceptors (Lipinski definition) is 2. The third-order valence-corrected chi connectivity index (χ3v) is 4.52. The van der Waals surface area contributed by atoms with Gasteiger partial charge in [0.15, 0.2) is 0 Å². The first-order valence-corrected chi connectivity index (χ1v) is 8.19. The fourth-order valence-corrected chi connectivity index (χ4v) is 3.55. The molecule has 2 fully saturated rings. The van der Waals surface area contributed by atoms with Crippen molar-refractivity contribution in [3.05, 3.63) is 0 Å². The summed E-state index contributed by atoms with van der Waals surface area (Å²) in [4.78, 5) is 14.8. The molecule has 0 spiro atoms. The van der Waals surface area contributed by atoms with Crippen molar-refractivity contribution < 1.29 is 4.79 Å². The highest BCUT2D eigenvalue weighted by molar-refractivity contribution is 5.85. The SMILES string of the molecule is CC(C)CC1CCCCCN1C(=O)CC1CCCN1.Cl. The Morgan fingerprint density at radius 3 is 2.65 bits per heavy atom. The Hall–Kier alpha value is -0.280. The molecule has 2 unspecified atom stereocenters. The first-order valence-electron chi connectivity index (χ1n) is 8.19. The summed E-state index contributed by atoms with van der Waals surface area (Å²) in [6.07, 6.45) is 9.28. The van der Waals surface area contributed by atoms with Crippen molar-refractivity contribution in [3.8, 4) is 0 Å². The Bertz CT molecular complexity index is 290. The third kappa shape index (κ3) is 5.25. The smallest absolute Gasteiger partial charge is 0.224 e. The quantitative estimate of drug-likeness (QED) is 0.863. The summed E-state index contributed by atoms with van der Waals surface area (Å²) in [5.41, 5.74) is 0. The Kier molecular flexibility index (Phi) is 7.90. The number of rotatable bonds is 4. The molecule has 1 N–H and O–H groups in total. The lowest BCUT2D eigenvalue weighted by Crippen LogP contribution is -2.43. The second kappa shape index (κ2) is 8.89. The van der Waals surface area contributed by atoms with Gasteiger partial charge in [0, 0.05) is 25.0 Å². The molecule has 20 heavy (non-hydrogen) atoms. The van der Waals surface area contributed by atoms with Crippen LogP contribution in [0.25, 0.3) is 0 Å². The van der Waals surface area contributed by atoms with Gasteiger partial charge in [0.1, 0.15) is 0 Å². The second-order valence-electron chi connectivity index (χ2n) is 6.72. The van der Waals surface area contributed by atoms with Gasteiger partial charge in [-0.2, -0.15) is 0 Å². The molecule has 0 aromatic carbocycles. The van der Waals surface area contributed by atoms with Crippen molar-refractivity contribution in [1.82, 2.24) is 10.2 Å². The van der Waals surface area contributed by atoms with E-state index >= 15 is 0 Å². The molecule has 0 aliphatic carbocycles. The van der Waals surface area contributed by atoms with Crippen LogP contribution in [-0.4, -0.2) is 36.0 Å². The van der Waals surface area contributed by atoms with Gasteiger partial charge in [-0.3, -0.25) is 4.79 Å². The van der Waals surface area contributed by atoms with E-state index in [1.165, 1.54) is 44.9 Å². The lowest BCUT2D eigenvalue weighted by Gasteiger charge is -2.32. The van der Waals surface area contributed by atoms with Crippen LogP contribution >= 0.6 is 12.4 Å². The van der Waals surface area contributed by atoms with Gasteiger partial charge in [-0.1, -0.05) is 26.7 Å². The number of amides is 1. The van der Waals surface area contributed by atoms with Gasteiger partial charge >= 0.3 is 0 Å². The van der Waals surface area contributed by atoms with Crippen LogP contribution in [0.3, 0.4) is 0 Å². The van der Waals surface area contributed by atoms with Crippen LogP contribution in [0.5, 0.6) is 0 Å². The van der Waals surface area contributed by atoms with Crippen molar-refractivity contribution in [2.75, 3.05) is 13.1 Å². The first-order chi connectivity index (χ1) is 9.16. The Morgan fingerprint density at radius 1 is 1.20 bits per heavy atom. The number of likely N-dealkylation sites (tertiary alicyclic amines) is 1. The second-order valence-corrected chi connectivity index (χ2v) is 6.72. The number of nitrogens with one attached hydrogen (secondary N) is 1. The van der Waals surface area contributed by atoms with Crippen molar-refractivity contribution in [3.63, 3.8) is 0 Å². The molecule has 2 atom stereocenters. The van der Waals surface area contributed by atoms with Gasteiger partial charge in [0.2, 0.25) is 5.91 Å². The minimum absolute atomic E-state index is 0. The van der Waals surface area contributed by atoms with E-state index in [0.717, 1.165) is 13.1 Å². The maximum Gasteiger partial charge on any atom is 0.224 e. The van der Waals surface area contributed by atoms with E-state index in [9.17, 15) is 4.79 Å². The third-order valence-electron chi connectivity index (χ3n) is 4.52. The largest absolute Gasteiger partial charge is 0.340 e. The van der Waals surface area contributed by atoms with Crippen LogP contribution in [0.1, 0.15) is 65.2 Å². The number of hydrogen-bond donors (Lipinski definition) is 1. The maximum absolute atomic E-state index is 12.6. The van der Waals surface area contributed by atoms with Gasteiger partial charge in [-0.15, -0.1) is 12.4 Å². The highest BCUT2D eigenvalue weighted by Crippen LogP contribution is 2.24. The average Bonchev–Trinajstić information content (AvgIpc) is 2.74. The summed E-state index contributed by atoms with van der Waals surface area (Å²) in [6.45, 7) is 6.62. The Labute approximate surface area is 130 Å². The van der Waals surface area contributed by atoms with Crippen molar-refractivity contribution >= 4 is 18.3 Å². The maximum atomic E-state index is 12.6. The Balaban J connectivity index is 0.00000200. The molecule has 0 aromatic rings. The molecule has 0 saturated carbocycles. The lowest BCUT2D eigenvalue weighted by molar-refractivity contribution is -0.134. The molecule has 2 aliphatic rings. The molecule has 2 saturated heterocycles. The van der Waals surface area contributed by atoms with Crippen LogP contribution in [-0.2, 0) is 4.79 Å². The zero-order valence-corrected chi connectivity index (χ0v) is 13.9. The standard InChI is InChI=1S/C16H30N2O.ClH/c1-13(2)11-15-8-4-3-5-10-18(15)16(19)12-14-7-6-9-17-14;/h13-15,17H,3-12H2,1-2H3;1H. The van der Waals surface area contributed by atoms with Gasteiger partial charge in [-0.25, -0.2) is 0 Å². The molecule has 0 bridgehead atoms. The van der Waals surface area contributed by atoms with Crippen LogP contribution in [0, 0.1) is 5.92 Å². The van der Waals surface area contributed by atoms with Crippen molar-refractivity contribution in [2.45, 2.75) is 77.3 Å². The molecule has 0 radical (unpaired) electrons. The minimum atomic E-state index is 0. The summed E-state index contributed by atoms with van der Waals surface area (Å²) in [7, 11) is 0. The molecule has 118 valence electrons. The van der Waals surface area contributed by atoms with E-state index < -0.39 is 0 Å². The fourth-order valence-electron chi connectivity index (χ4n) is 3.55. The predicted octanol–water partition coefficient (Wildman–Crippen LogP) is 3.37. The zero-order valence-electron chi connectivity index (χ0n) is 13.1. The average molecular weight is 303 g/mol.